The van der Waals surface area contributed by atoms with E-state index < -0.39 is 18.2 Å². The number of carboxylic acid groups (broad SMARTS) is 1. The van der Waals surface area contributed by atoms with Crippen molar-refractivity contribution in [3.63, 3.8) is 0 Å². The van der Waals surface area contributed by atoms with Crippen molar-refractivity contribution in [2.45, 2.75) is 12.2 Å². The summed E-state index contributed by atoms with van der Waals surface area (Å²) in [7, 11) is 0. The lowest BCUT2D eigenvalue weighted by molar-refractivity contribution is -0.153. The Balaban J connectivity index is 2.37. The molecule has 6 heteroatoms. The van der Waals surface area contributed by atoms with Crippen LogP contribution in [0.4, 0.5) is 0 Å². The van der Waals surface area contributed by atoms with E-state index in [1.807, 2.05) is 6.07 Å². The molecule has 0 amide bonds. The molecule has 0 aliphatic rings. The van der Waals surface area contributed by atoms with Crippen LogP contribution in [-0.4, -0.2) is 37.6 Å². The highest BCUT2D eigenvalue weighted by atomic mass is 16.4. The number of hydrogen-bond donors (Lipinski definition) is 4. The maximum Gasteiger partial charge on any atom is 0.335 e. The van der Waals surface area contributed by atoms with Gasteiger partial charge >= 0.3 is 5.97 Å². The average Bonchev–Trinajstić information content (AvgIpc) is 2.87. The second kappa shape index (κ2) is 4.99. The quantitative estimate of drug-likeness (QED) is 0.632. The fraction of sp³-hybridized carbons (Fsp3) is 0.167. The van der Waals surface area contributed by atoms with Crippen molar-refractivity contribution in [3.05, 3.63) is 42.1 Å². The number of carboxylic acids is 1. The van der Waals surface area contributed by atoms with Gasteiger partial charge in [0.05, 0.1) is 11.9 Å². The van der Waals surface area contributed by atoms with Crippen molar-refractivity contribution in [2.24, 2.45) is 0 Å². The Bertz CT molecular complexity index is 538. The molecule has 4 N–H and O–H groups in total. The van der Waals surface area contributed by atoms with Gasteiger partial charge in [-0.25, -0.2) is 4.79 Å². The van der Waals surface area contributed by atoms with E-state index in [4.69, 9.17) is 5.11 Å². The highest BCUT2D eigenvalue weighted by Crippen LogP contribution is 2.27. The van der Waals surface area contributed by atoms with Crippen LogP contribution in [0.5, 0.6) is 0 Å². The summed E-state index contributed by atoms with van der Waals surface area (Å²) >= 11 is 0. The van der Waals surface area contributed by atoms with Gasteiger partial charge in [0.15, 0.2) is 6.10 Å². The van der Waals surface area contributed by atoms with Crippen molar-refractivity contribution in [1.82, 2.24) is 10.2 Å². The first-order chi connectivity index (χ1) is 8.61. The van der Waals surface area contributed by atoms with E-state index in [-0.39, 0.29) is 5.56 Å². The van der Waals surface area contributed by atoms with Gasteiger partial charge in [-0.1, -0.05) is 30.3 Å². The van der Waals surface area contributed by atoms with Gasteiger partial charge in [0.2, 0.25) is 0 Å². The Morgan fingerprint density at radius 2 is 1.89 bits per heavy atom. The maximum absolute atomic E-state index is 10.6. The number of rotatable bonds is 4. The number of nitrogens with one attached hydrogen (secondary N) is 1. The van der Waals surface area contributed by atoms with E-state index in [0.717, 1.165) is 5.56 Å². The Morgan fingerprint density at radius 1 is 1.22 bits per heavy atom. The first kappa shape index (κ1) is 12.3. The zero-order chi connectivity index (χ0) is 13.1. The molecular formula is C12H12N2O4. The molecular weight excluding hydrogens is 236 g/mol. The topological polar surface area (TPSA) is 106 Å². The Kier molecular flexibility index (Phi) is 3.40. The summed E-state index contributed by atoms with van der Waals surface area (Å²) in [5, 5.41) is 34.3. The minimum atomic E-state index is -1.88. The zero-order valence-corrected chi connectivity index (χ0v) is 9.32. The van der Waals surface area contributed by atoms with Gasteiger partial charge in [0, 0.05) is 5.56 Å². The predicted molar refractivity (Wildman–Crippen MR) is 62.6 cm³/mol. The maximum atomic E-state index is 10.6. The van der Waals surface area contributed by atoms with Gasteiger partial charge in [-0.2, -0.15) is 5.10 Å². The van der Waals surface area contributed by atoms with Crippen LogP contribution in [0.15, 0.2) is 36.5 Å². The van der Waals surface area contributed by atoms with Crippen molar-refractivity contribution < 1.29 is 20.1 Å². The number of hydrogen-bond acceptors (Lipinski definition) is 4. The van der Waals surface area contributed by atoms with Crippen LogP contribution >= 0.6 is 0 Å². The molecule has 2 atom stereocenters. The summed E-state index contributed by atoms with van der Waals surface area (Å²) in [4.78, 5) is 10.6. The first-order valence-electron chi connectivity index (χ1n) is 5.29. The number of aromatic nitrogens is 2. The van der Waals surface area contributed by atoms with Crippen LogP contribution in [0, 0.1) is 0 Å². The number of aromatic amines is 1. The van der Waals surface area contributed by atoms with Crippen LogP contribution < -0.4 is 0 Å². The van der Waals surface area contributed by atoms with Crippen LogP contribution in [0.2, 0.25) is 0 Å². The molecule has 0 spiro atoms. The van der Waals surface area contributed by atoms with Crippen LogP contribution in [-0.2, 0) is 4.79 Å². The zero-order valence-electron chi connectivity index (χ0n) is 9.32. The molecule has 0 fully saturated rings. The van der Waals surface area contributed by atoms with Crippen molar-refractivity contribution >= 4 is 5.97 Å². The lowest BCUT2D eigenvalue weighted by Crippen LogP contribution is -2.27. The second-order valence-electron chi connectivity index (χ2n) is 3.79. The number of nitrogens with zero attached hydrogens (tertiary/aromatic N) is 1. The SMILES string of the molecule is O=C(O)C(O)C(O)c1cn[nH]c1-c1ccccc1. The highest BCUT2D eigenvalue weighted by Gasteiger charge is 2.28. The van der Waals surface area contributed by atoms with Gasteiger partial charge < -0.3 is 15.3 Å². The highest BCUT2D eigenvalue weighted by molar-refractivity contribution is 5.74. The molecule has 18 heavy (non-hydrogen) atoms. The molecule has 0 saturated heterocycles. The number of aliphatic hydroxyl groups excluding tert-OH is 2. The largest absolute Gasteiger partial charge is 0.479 e. The van der Waals surface area contributed by atoms with Crippen molar-refractivity contribution in [3.8, 4) is 11.3 Å². The molecule has 2 aromatic rings. The molecule has 1 aromatic carbocycles. The fourth-order valence-corrected chi connectivity index (χ4v) is 1.66. The average molecular weight is 248 g/mol. The second-order valence-corrected chi connectivity index (χ2v) is 3.79. The third kappa shape index (κ3) is 2.24. The number of aliphatic carboxylic acids is 1. The molecule has 1 aromatic heterocycles. The summed E-state index contributed by atoms with van der Waals surface area (Å²) in [6.07, 6.45) is -2.11. The number of H-pyrrole nitrogens is 1. The molecule has 0 bridgehead atoms. The Morgan fingerprint density at radius 3 is 2.50 bits per heavy atom. The first-order valence-corrected chi connectivity index (χ1v) is 5.29. The predicted octanol–water partition coefficient (Wildman–Crippen LogP) is 0.556. The lowest BCUT2D eigenvalue weighted by Gasteiger charge is -2.14. The molecule has 2 rings (SSSR count). The molecule has 1 heterocycles. The summed E-state index contributed by atoms with van der Waals surface area (Å²) in [6, 6.07) is 9.02. The monoisotopic (exact) mass is 248 g/mol. The smallest absolute Gasteiger partial charge is 0.335 e. The molecule has 0 saturated carbocycles. The molecule has 6 nitrogen and oxygen atoms in total. The Hall–Kier alpha value is -2.18. The molecule has 0 aliphatic heterocycles. The van der Waals surface area contributed by atoms with Gasteiger partial charge in [-0.05, 0) is 5.56 Å². The van der Waals surface area contributed by atoms with Crippen LogP contribution in [0.3, 0.4) is 0 Å². The van der Waals surface area contributed by atoms with E-state index in [1.54, 1.807) is 24.3 Å². The Labute approximate surface area is 103 Å². The summed E-state index contributed by atoms with van der Waals surface area (Å²) in [5.74, 6) is -1.48. The van der Waals surface area contributed by atoms with Gasteiger partial charge in [-0.3, -0.25) is 5.10 Å². The number of carbonyl (C=O) groups is 1. The van der Waals surface area contributed by atoms with E-state index in [1.165, 1.54) is 6.20 Å². The van der Waals surface area contributed by atoms with Gasteiger partial charge in [0.25, 0.3) is 0 Å². The molecule has 94 valence electrons. The van der Waals surface area contributed by atoms with Crippen molar-refractivity contribution in [2.75, 3.05) is 0 Å². The van der Waals surface area contributed by atoms with Gasteiger partial charge in [0.1, 0.15) is 6.10 Å². The van der Waals surface area contributed by atoms with Gasteiger partial charge in [-0.15, -0.1) is 0 Å². The van der Waals surface area contributed by atoms with E-state index in [2.05, 4.69) is 10.2 Å². The van der Waals surface area contributed by atoms with E-state index in [9.17, 15) is 15.0 Å². The molecule has 0 radical (unpaired) electrons. The molecule has 2 unspecified atom stereocenters. The van der Waals surface area contributed by atoms with E-state index in [0.29, 0.717) is 5.69 Å². The third-order valence-electron chi connectivity index (χ3n) is 2.60. The van der Waals surface area contributed by atoms with E-state index >= 15 is 0 Å². The number of aliphatic hydroxyl groups is 2. The summed E-state index contributed by atoms with van der Waals surface area (Å²) in [5.41, 5.74) is 1.49. The third-order valence-corrected chi connectivity index (χ3v) is 2.60. The van der Waals surface area contributed by atoms with Crippen molar-refractivity contribution in [1.29, 1.82) is 0 Å². The summed E-state index contributed by atoms with van der Waals surface area (Å²) in [6.45, 7) is 0. The number of benzene rings is 1. The normalized spacial score (nSPS) is 14.1. The van der Waals surface area contributed by atoms with Crippen LogP contribution in [0.25, 0.3) is 11.3 Å². The lowest BCUT2D eigenvalue weighted by atomic mass is 10.0. The minimum absolute atomic E-state index is 0.246. The standard InChI is InChI=1S/C12H12N2O4/c15-10(11(16)12(17)18)8-6-13-14-9(8)7-4-2-1-3-5-7/h1-6,10-11,15-16H,(H,13,14)(H,17,18). The van der Waals surface area contributed by atoms with Crippen LogP contribution in [0.1, 0.15) is 11.7 Å². The fourth-order valence-electron chi connectivity index (χ4n) is 1.66. The minimum Gasteiger partial charge on any atom is -0.479 e. The summed E-state index contributed by atoms with van der Waals surface area (Å²) < 4.78 is 0. The molecule has 0 aliphatic carbocycles.